The Morgan fingerprint density at radius 2 is 0.667 bits per heavy atom. The molecule has 0 aliphatic heterocycles. The van der Waals surface area contributed by atoms with Crippen molar-refractivity contribution in [3.05, 3.63) is 90.3 Å². The van der Waals surface area contributed by atoms with E-state index >= 15 is 0 Å². The molecular formula is C21H24N3+3. The fourth-order valence-corrected chi connectivity index (χ4v) is 3.76. The summed E-state index contributed by atoms with van der Waals surface area (Å²) in [5.41, 5.74) is 4.30. The van der Waals surface area contributed by atoms with Gasteiger partial charge in [0.1, 0.15) is 21.1 Å². The lowest BCUT2D eigenvalue weighted by Crippen LogP contribution is -2.26. The smallest absolute Gasteiger partial charge is 0.168 e. The Balaban J connectivity index is 1.72. The van der Waals surface area contributed by atoms with Gasteiger partial charge in [-0.15, -0.1) is 0 Å². The molecule has 4 rings (SSSR count). The summed E-state index contributed by atoms with van der Waals surface area (Å²) in [6.07, 6.45) is 12.9. The van der Waals surface area contributed by atoms with Crippen LogP contribution in [-0.2, 0) is 21.1 Å². The van der Waals surface area contributed by atoms with Gasteiger partial charge in [0.05, 0.1) is 0 Å². The summed E-state index contributed by atoms with van der Waals surface area (Å²) in [5.74, 6) is 1.69. The van der Waals surface area contributed by atoms with Crippen molar-refractivity contribution in [3.63, 3.8) is 0 Å². The van der Waals surface area contributed by atoms with Gasteiger partial charge in [0.15, 0.2) is 37.2 Å². The molecule has 3 aromatic heterocycles. The van der Waals surface area contributed by atoms with Crippen LogP contribution in [0.15, 0.2) is 73.6 Å². The maximum atomic E-state index is 2.27. The summed E-state index contributed by atoms with van der Waals surface area (Å²) in [4.78, 5) is 0. The SMILES string of the molecule is C[n+]1ccc(C2C(c3cc[n+](C)cc3)C2c2cc[n+](C)cc2)cc1. The van der Waals surface area contributed by atoms with Gasteiger partial charge in [-0.3, -0.25) is 0 Å². The first-order valence-corrected chi connectivity index (χ1v) is 8.49. The van der Waals surface area contributed by atoms with Crippen LogP contribution in [0, 0.1) is 0 Å². The number of hydrogen-bond acceptors (Lipinski definition) is 0. The summed E-state index contributed by atoms with van der Waals surface area (Å²) in [5, 5.41) is 0. The number of nitrogens with zero attached hydrogens (tertiary/aromatic N) is 3. The largest absolute Gasteiger partial charge is 0.208 e. The Hall–Kier alpha value is -2.55. The molecule has 0 radical (unpaired) electrons. The molecule has 1 aliphatic carbocycles. The highest BCUT2D eigenvalue weighted by atomic mass is 14.9. The van der Waals surface area contributed by atoms with E-state index in [1.165, 1.54) is 16.7 Å². The van der Waals surface area contributed by atoms with Crippen LogP contribution in [0.3, 0.4) is 0 Å². The highest BCUT2D eigenvalue weighted by molar-refractivity contribution is 5.45. The zero-order chi connectivity index (χ0) is 16.7. The molecule has 3 aromatic rings. The summed E-state index contributed by atoms with van der Waals surface area (Å²) >= 11 is 0. The minimum atomic E-state index is 0.562. The fourth-order valence-electron chi connectivity index (χ4n) is 3.76. The summed E-state index contributed by atoms with van der Waals surface area (Å²) in [7, 11) is 6.21. The molecule has 3 heteroatoms. The molecule has 120 valence electrons. The summed E-state index contributed by atoms with van der Waals surface area (Å²) in [6.45, 7) is 0. The van der Waals surface area contributed by atoms with Gasteiger partial charge in [-0.1, -0.05) is 0 Å². The topological polar surface area (TPSA) is 11.6 Å². The van der Waals surface area contributed by atoms with E-state index in [0.717, 1.165) is 0 Å². The molecule has 0 aromatic carbocycles. The normalized spacial score (nSPS) is 22.4. The van der Waals surface area contributed by atoms with Crippen molar-refractivity contribution in [3.8, 4) is 0 Å². The van der Waals surface area contributed by atoms with E-state index in [9.17, 15) is 0 Å². The lowest BCUT2D eigenvalue weighted by Gasteiger charge is -1.99. The van der Waals surface area contributed by atoms with Gasteiger partial charge in [0.25, 0.3) is 0 Å². The van der Waals surface area contributed by atoms with Crippen LogP contribution in [0.4, 0.5) is 0 Å². The Bertz CT molecular complexity index is 712. The Morgan fingerprint density at radius 3 is 0.875 bits per heavy atom. The molecule has 0 spiro atoms. The first kappa shape index (κ1) is 15.0. The summed E-state index contributed by atoms with van der Waals surface area (Å²) < 4.78 is 6.29. The minimum Gasteiger partial charge on any atom is -0.208 e. The van der Waals surface area contributed by atoms with Gasteiger partial charge in [-0.2, -0.15) is 0 Å². The van der Waals surface area contributed by atoms with Crippen molar-refractivity contribution in [2.45, 2.75) is 17.8 Å². The molecule has 1 aliphatic rings. The third-order valence-electron chi connectivity index (χ3n) is 5.19. The molecule has 0 N–H and O–H groups in total. The molecule has 0 unspecified atom stereocenters. The van der Waals surface area contributed by atoms with Gasteiger partial charge in [0.2, 0.25) is 0 Å². The van der Waals surface area contributed by atoms with Gasteiger partial charge in [0, 0.05) is 36.4 Å². The predicted octanol–water partition coefficient (Wildman–Crippen LogP) is 1.82. The molecule has 0 bridgehead atoms. The summed E-state index contributed by atoms with van der Waals surface area (Å²) in [6, 6.07) is 13.6. The lowest BCUT2D eigenvalue weighted by molar-refractivity contribution is -0.671. The second kappa shape index (κ2) is 5.82. The monoisotopic (exact) mass is 318 g/mol. The zero-order valence-electron chi connectivity index (χ0n) is 14.5. The average molecular weight is 318 g/mol. The lowest BCUT2D eigenvalue weighted by atomic mass is 10.1. The predicted molar refractivity (Wildman–Crippen MR) is 91.1 cm³/mol. The van der Waals surface area contributed by atoms with Gasteiger partial charge in [-0.25, -0.2) is 13.7 Å². The number of aryl methyl sites for hydroxylation is 3. The van der Waals surface area contributed by atoms with E-state index < -0.39 is 0 Å². The maximum absolute atomic E-state index is 2.27. The third kappa shape index (κ3) is 2.71. The van der Waals surface area contributed by atoms with Crippen molar-refractivity contribution < 1.29 is 13.7 Å². The van der Waals surface area contributed by atoms with Crippen molar-refractivity contribution >= 4 is 0 Å². The Morgan fingerprint density at radius 1 is 0.458 bits per heavy atom. The van der Waals surface area contributed by atoms with Crippen molar-refractivity contribution in [1.29, 1.82) is 0 Å². The first-order valence-electron chi connectivity index (χ1n) is 8.49. The van der Waals surface area contributed by atoms with E-state index in [4.69, 9.17) is 0 Å². The molecule has 0 saturated heterocycles. The average Bonchev–Trinajstić information content (AvgIpc) is 3.32. The van der Waals surface area contributed by atoms with Crippen LogP contribution >= 0.6 is 0 Å². The third-order valence-corrected chi connectivity index (χ3v) is 5.19. The fraction of sp³-hybridized carbons (Fsp3) is 0.286. The van der Waals surface area contributed by atoms with E-state index in [2.05, 4.69) is 108 Å². The van der Waals surface area contributed by atoms with Crippen LogP contribution in [0.5, 0.6) is 0 Å². The number of aromatic nitrogens is 3. The van der Waals surface area contributed by atoms with Crippen LogP contribution in [0.2, 0.25) is 0 Å². The van der Waals surface area contributed by atoms with E-state index in [1.807, 2.05) is 0 Å². The maximum Gasteiger partial charge on any atom is 0.168 e. The van der Waals surface area contributed by atoms with Crippen LogP contribution < -0.4 is 13.7 Å². The van der Waals surface area contributed by atoms with E-state index in [1.54, 1.807) is 0 Å². The van der Waals surface area contributed by atoms with Crippen molar-refractivity contribution in [1.82, 2.24) is 0 Å². The van der Waals surface area contributed by atoms with Gasteiger partial charge >= 0.3 is 0 Å². The number of pyridine rings is 3. The van der Waals surface area contributed by atoms with Crippen LogP contribution in [0.1, 0.15) is 34.4 Å². The zero-order valence-corrected chi connectivity index (χ0v) is 14.5. The Kier molecular flexibility index (Phi) is 3.64. The van der Waals surface area contributed by atoms with Crippen LogP contribution in [0.25, 0.3) is 0 Å². The second-order valence-corrected chi connectivity index (χ2v) is 6.97. The standard InChI is InChI=1S/C21H24N3/c1-22-10-4-16(5-11-22)19-20(17-6-12-23(2)13-7-17)21(19)18-8-14-24(3)15-9-18/h4-15,19-21H,1-3H3/q+3. The molecule has 3 heterocycles. The highest BCUT2D eigenvalue weighted by Crippen LogP contribution is 2.65. The molecule has 0 atom stereocenters. The van der Waals surface area contributed by atoms with Crippen molar-refractivity contribution in [2.24, 2.45) is 21.1 Å². The molecule has 1 fully saturated rings. The van der Waals surface area contributed by atoms with Gasteiger partial charge < -0.3 is 0 Å². The molecule has 0 amide bonds. The Labute approximate surface area is 143 Å². The number of hydrogen-bond donors (Lipinski definition) is 0. The van der Waals surface area contributed by atoms with E-state index in [-0.39, 0.29) is 0 Å². The number of rotatable bonds is 3. The highest BCUT2D eigenvalue weighted by Gasteiger charge is 2.53. The second-order valence-electron chi connectivity index (χ2n) is 6.97. The molecular weight excluding hydrogens is 294 g/mol. The van der Waals surface area contributed by atoms with Crippen LogP contribution in [-0.4, -0.2) is 0 Å². The first-order chi connectivity index (χ1) is 11.6. The van der Waals surface area contributed by atoms with Gasteiger partial charge in [-0.05, 0) is 34.4 Å². The van der Waals surface area contributed by atoms with E-state index in [0.29, 0.717) is 17.8 Å². The quantitative estimate of drug-likeness (QED) is 0.653. The molecule has 3 nitrogen and oxygen atoms in total. The molecule has 1 saturated carbocycles. The van der Waals surface area contributed by atoms with Crippen molar-refractivity contribution in [2.75, 3.05) is 0 Å². The minimum absolute atomic E-state index is 0.562. The molecule has 24 heavy (non-hydrogen) atoms.